The maximum absolute atomic E-state index is 12.4. The van der Waals surface area contributed by atoms with Gasteiger partial charge in [0.05, 0.1) is 4.90 Å². The molecular weight excluding hydrogens is 258 g/mol. The first kappa shape index (κ1) is 14.5. The molecule has 0 amide bonds. The van der Waals surface area contributed by atoms with Crippen LogP contribution in [0.5, 0.6) is 0 Å². The van der Waals surface area contributed by atoms with Crippen molar-refractivity contribution in [3.63, 3.8) is 0 Å². The van der Waals surface area contributed by atoms with Crippen LogP contribution < -0.4 is 4.72 Å². The summed E-state index contributed by atoms with van der Waals surface area (Å²) >= 11 is 0. The topological polar surface area (TPSA) is 46.2 Å². The van der Waals surface area contributed by atoms with E-state index in [0.29, 0.717) is 16.7 Å². The lowest BCUT2D eigenvalue weighted by Gasteiger charge is -2.33. The van der Waals surface area contributed by atoms with Crippen LogP contribution in [0.25, 0.3) is 0 Å². The number of aryl methyl sites for hydroxylation is 1. The Labute approximate surface area is 116 Å². The molecular formula is C15H23NO2S. The van der Waals surface area contributed by atoms with Gasteiger partial charge in [-0.25, -0.2) is 13.1 Å². The van der Waals surface area contributed by atoms with E-state index in [1.54, 1.807) is 12.1 Å². The van der Waals surface area contributed by atoms with Crippen molar-refractivity contribution in [3.05, 3.63) is 29.8 Å². The summed E-state index contributed by atoms with van der Waals surface area (Å²) in [7, 11) is -3.39. The first-order valence-electron chi connectivity index (χ1n) is 6.98. The first-order valence-corrected chi connectivity index (χ1v) is 8.46. The van der Waals surface area contributed by atoms with Crippen molar-refractivity contribution in [1.82, 2.24) is 4.72 Å². The third-order valence-electron chi connectivity index (χ3n) is 4.12. The molecule has 2 rings (SSSR count). The summed E-state index contributed by atoms with van der Waals surface area (Å²) in [5.41, 5.74) is 0.798. The highest BCUT2D eigenvalue weighted by Crippen LogP contribution is 2.29. The Hall–Kier alpha value is -0.870. The molecule has 0 aromatic heterocycles. The largest absolute Gasteiger partial charge is 0.241 e. The lowest BCUT2D eigenvalue weighted by atomic mass is 9.80. The molecule has 0 heterocycles. The molecule has 4 heteroatoms. The molecule has 1 saturated carbocycles. The van der Waals surface area contributed by atoms with E-state index < -0.39 is 10.0 Å². The molecule has 1 aliphatic carbocycles. The van der Waals surface area contributed by atoms with E-state index in [0.717, 1.165) is 24.8 Å². The SMILES string of the molecule is Cc1ccccc1S(=O)(=O)NC1CCC(C)CC1C. The van der Waals surface area contributed by atoms with Gasteiger partial charge in [-0.3, -0.25) is 0 Å². The summed E-state index contributed by atoms with van der Waals surface area (Å²) in [5, 5.41) is 0. The summed E-state index contributed by atoms with van der Waals surface area (Å²) in [4.78, 5) is 0.404. The number of hydrogen-bond acceptors (Lipinski definition) is 2. The Morgan fingerprint density at radius 2 is 1.84 bits per heavy atom. The van der Waals surface area contributed by atoms with E-state index in [1.165, 1.54) is 0 Å². The summed E-state index contributed by atoms with van der Waals surface area (Å²) in [6, 6.07) is 7.21. The Kier molecular flexibility index (Phi) is 4.31. The average Bonchev–Trinajstić information content (AvgIpc) is 2.33. The molecule has 0 aliphatic heterocycles. The maximum atomic E-state index is 12.4. The van der Waals surface area contributed by atoms with Gasteiger partial charge in [0.15, 0.2) is 0 Å². The van der Waals surface area contributed by atoms with Crippen molar-refractivity contribution < 1.29 is 8.42 Å². The number of rotatable bonds is 3. The minimum atomic E-state index is -3.39. The zero-order chi connectivity index (χ0) is 14.0. The average molecular weight is 281 g/mol. The molecule has 106 valence electrons. The lowest BCUT2D eigenvalue weighted by molar-refractivity contribution is 0.249. The van der Waals surface area contributed by atoms with Gasteiger partial charge >= 0.3 is 0 Å². The molecule has 3 nitrogen and oxygen atoms in total. The molecule has 3 unspecified atom stereocenters. The van der Waals surface area contributed by atoms with Crippen LogP contribution in [0.4, 0.5) is 0 Å². The van der Waals surface area contributed by atoms with Crippen LogP contribution in [-0.4, -0.2) is 14.5 Å². The Balaban J connectivity index is 2.16. The van der Waals surface area contributed by atoms with Crippen molar-refractivity contribution in [2.45, 2.75) is 51.0 Å². The van der Waals surface area contributed by atoms with Crippen LogP contribution in [0.2, 0.25) is 0 Å². The van der Waals surface area contributed by atoms with Crippen molar-refractivity contribution in [2.24, 2.45) is 11.8 Å². The van der Waals surface area contributed by atoms with Crippen LogP contribution in [0.3, 0.4) is 0 Å². The summed E-state index contributed by atoms with van der Waals surface area (Å²) in [5.74, 6) is 1.11. The second-order valence-electron chi connectivity index (χ2n) is 5.89. The minimum absolute atomic E-state index is 0.0702. The summed E-state index contributed by atoms with van der Waals surface area (Å²) in [6.45, 7) is 6.21. The summed E-state index contributed by atoms with van der Waals surface area (Å²) in [6.07, 6.45) is 3.14. The van der Waals surface area contributed by atoms with Gasteiger partial charge in [-0.15, -0.1) is 0 Å². The number of nitrogens with one attached hydrogen (secondary N) is 1. The zero-order valence-electron chi connectivity index (χ0n) is 11.9. The molecule has 1 fully saturated rings. The third-order valence-corrected chi connectivity index (χ3v) is 5.77. The predicted molar refractivity (Wildman–Crippen MR) is 77.5 cm³/mol. The molecule has 1 N–H and O–H groups in total. The van der Waals surface area contributed by atoms with Gasteiger partial charge in [-0.05, 0) is 49.7 Å². The van der Waals surface area contributed by atoms with Crippen molar-refractivity contribution >= 4 is 10.0 Å². The zero-order valence-corrected chi connectivity index (χ0v) is 12.7. The number of hydrogen-bond donors (Lipinski definition) is 1. The predicted octanol–water partition coefficient (Wildman–Crippen LogP) is 3.10. The summed E-state index contributed by atoms with van der Waals surface area (Å²) < 4.78 is 27.8. The smallest absolute Gasteiger partial charge is 0.208 e. The Bertz CT molecular complexity index is 539. The quantitative estimate of drug-likeness (QED) is 0.925. The molecule has 0 radical (unpaired) electrons. The second kappa shape index (κ2) is 5.63. The van der Waals surface area contributed by atoms with Crippen molar-refractivity contribution in [1.29, 1.82) is 0 Å². The Morgan fingerprint density at radius 3 is 2.47 bits per heavy atom. The van der Waals surface area contributed by atoms with Crippen molar-refractivity contribution in [2.75, 3.05) is 0 Å². The van der Waals surface area contributed by atoms with Crippen LogP contribution >= 0.6 is 0 Å². The molecule has 0 saturated heterocycles. The highest BCUT2D eigenvalue weighted by atomic mass is 32.2. The molecule has 0 bridgehead atoms. The number of benzene rings is 1. The van der Waals surface area contributed by atoms with E-state index in [-0.39, 0.29) is 6.04 Å². The fourth-order valence-electron chi connectivity index (χ4n) is 2.96. The molecule has 1 aromatic rings. The maximum Gasteiger partial charge on any atom is 0.241 e. The van der Waals surface area contributed by atoms with Gasteiger partial charge < -0.3 is 0 Å². The van der Waals surface area contributed by atoms with Gasteiger partial charge in [0.2, 0.25) is 10.0 Å². The van der Waals surface area contributed by atoms with Crippen molar-refractivity contribution in [3.8, 4) is 0 Å². The van der Waals surface area contributed by atoms with E-state index in [9.17, 15) is 8.42 Å². The molecule has 1 aliphatic rings. The second-order valence-corrected chi connectivity index (χ2v) is 7.57. The van der Waals surface area contributed by atoms with Crippen LogP contribution in [0.15, 0.2) is 29.2 Å². The standard InChI is InChI=1S/C15H23NO2S/c1-11-8-9-14(13(3)10-11)16-19(17,18)15-7-5-4-6-12(15)2/h4-7,11,13-14,16H,8-10H2,1-3H3. The van der Waals surface area contributed by atoms with Crippen LogP contribution in [0, 0.1) is 18.8 Å². The highest BCUT2D eigenvalue weighted by Gasteiger charge is 2.29. The van der Waals surface area contributed by atoms with E-state index in [2.05, 4.69) is 18.6 Å². The minimum Gasteiger partial charge on any atom is -0.208 e. The molecule has 3 atom stereocenters. The van der Waals surface area contributed by atoms with E-state index in [4.69, 9.17) is 0 Å². The van der Waals surface area contributed by atoms with E-state index in [1.807, 2.05) is 19.1 Å². The fourth-order valence-corrected chi connectivity index (χ4v) is 4.59. The number of sulfonamides is 1. The first-order chi connectivity index (χ1) is 8.90. The fraction of sp³-hybridized carbons (Fsp3) is 0.600. The van der Waals surface area contributed by atoms with Gasteiger partial charge in [0.1, 0.15) is 0 Å². The van der Waals surface area contributed by atoms with Crippen LogP contribution in [0.1, 0.15) is 38.7 Å². The van der Waals surface area contributed by atoms with Crippen LogP contribution in [-0.2, 0) is 10.0 Å². The highest BCUT2D eigenvalue weighted by molar-refractivity contribution is 7.89. The van der Waals surface area contributed by atoms with E-state index >= 15 is 0 Å². The van der Waals surface area contributed by atoms with Gasteiger partial charge in [0.25, 0.3) is 0 Å². The Morgan fingerprint density at radius 1 is 1.16 bits per heavy atom. The lowest BCUT2D eigenvalue weighted by Crippen LogP contribution is -2.42. The molecule has 0 spiro atoms. The third kappa shape index (κ3) is 3.37. The molecule has 1 aromatic carbocycles. The monoisotopic (exact) mass is 281 g/mol. The van der Waals surface area contributed by atoms with Gasteiger partial charge in [-0.2, -0.15) is 0 Å². The molecule has 19 heavy (non-hydrogen) atoms. The normalized spacial score (nSPS) is 28.3. The van der Waals surface area contributed by atoms with Gasteiger partial charge in [-0.1, -0.05) is 32.0 Å². The van der Waals surface area contributed by atoms with Gasteiger partial charge in [0, 0.05) is 6.04 Å².